The maximum Gasteiger partial charge on any atom is 0.183 e. The number of anilines is 1. The van der Waals surface area contributed by atoms with Gasteiger partial charge in [0, 0.05) is 17.5 Å². The van der Waals surface area contributed by atoms with Crippen LogP contribution in [0, 0.1) is 5.82 Å². The lowest BCUT2D eigenvalue weighted by Crippen LogP contribution is -2.04. The normalized spacial score (nSPS) is 10.5. The molecule has 23 heavy (non-hydrogen) atoms. The van der Waals surface area contributed by atoms with Gasteiger partial charge in [-0.3, -0.25) is 0 Å². The maximum absolute atomic E-state index is 13.5. The molecule has 0 aliphatic heterocycles. The van der Waals surface area contributed by atoms with Gasteiger partial charge in [-0.1, -0.05) is 30.3 Å². The van der Waals surface area contributed by atoms with Crippen molar-refractivity contribution in [2.75, 3.05) is 19.0 Å². The SMILES string of the molecule is COc1ccc(F)cc1-c1csc(NCCc2ccccc2)n1. The van der Waals surface area contributed by atoms with Crippen molar-refractivity contribution in [3.63, 3.8) is 0 Å². The molecule has 0 atom stereocenters. The second kappa shape index (κ2) is 7.24. The van der Waals surface area contributed by atoms with Crippen LogP contribution in [-0.2, 0) is 6.42 Å². The van der Waals surface area contributed by atoms with E-state index in [0.717, 1.165) is 18.1 Å². The van der Waals surface area contributed by atoms with Gasteiger partial charge < -0.3 is 10.1 Å². The molecule has 118 valence electrons. The Morgan fingerprint density at radius 3 is 2.78 bits per heavy atom. The highest BCUT2D eigenvalue weighted by Gasteiger charge is 2.11. The number of ether oxygens (including phenoxy) is 1. The van der Waals surface area contributed by atoms with E-state index in [0.29, 0.717) is 17.0 Å². The lowest BCUT2D eigenvalue weighted by molar-refractivity contribution is 0.415. The molecule has 2 aromatic carbocycles. The summed E-state index contributed by atoms with van der Waals surface area (Å²) in [5.41, 5.74) is 2.66. The Balaban J connectivity index is 1.67. The molecule has 0 saturated heterocycles. The fraction of sp³-hybridized carbons (Fsp3) is 0.167. The molecule has 3 aromatic rings. The van der Waals surface area contributed by atoms with Crippen LogP contribution in [0.25, 0.3) is 11.3 Å². The standard InChI is InChI=1S/C18H17FN2OS/c1-22-17-8-7-14(19)11-15(17)16-12-23-18(21-16)20-10-9-13-5-3-2-4-6-13/h2-8,11-12H,9-10H2,1H3,(H,20,21). The van der Waals surface area contributed by atoms with E-state index in [1.165, 1.54) is 29.0 Å². The monoisotopic (exact) mass is 328 g/mol. The topological polar surface area (TPSA) is 34.1 Å². The molecule has 5 heteroatoms. The third-order valence-corrected chi connectivity index (χ3v) is 4.27. The number of aromatic nitrogens is 1. The summed E-state index contributed by atoms with van der Waals surface area (Å²) in [5.74, 6) is 0.319. The summed E-state index contributed by atoms with van der Waals surface area (Å²) in [6.45, 7) is 0.803. The van der Waals surface area contributed by atoms with E-state index in [4.69, 9.17) is 4.74 Å². The number of methoxy groups -OCH3 is 1. The van der Waals surface area contributed by atoms with Crippen molar-refractivity contribution in [2.45, 2.75) is 6.42 Å². The fourth-order valence-electron chi connectivity index (χ4n) is 2.32. The van der Waals surface area contributed by atoms with Gasteiger partial charge in [-0.05, 0) is 30.2 Å². The summed E-state index contributed by atoms with van der Waals surface area (Å²) in [6, 6.07) is 14.7. The molecule has 0 fully saturated rings. The summed E-state index contributed by atoms with van der Waals surface area (Å²) in [7, 11) is 1.57. The summed E-state index contributed by atoms with van der Waals surface area (Å²) >= 11 is 1.50. The quantitative estimate of drug-likeness (QED) is 0.717. The number of rotatable bonds is 6. The van der Waals surface area contributed by atoms with Crippen molar-refractivity contribution in [2.24, 2.45) is 0 Å². The van der Waals surface area contributed by atoms with Crippen LogP contribution in [-0.4, -0.2) is 18.6 Å². The summed E-state index contributed by atoms with van der Waals surface area (Å²) < 4.78 is 18.8. The van der Waals surface area contributed by atoms with Crippen molar-refractivity contribution in [1.82, 2.24) is 4.98 Å². The first-order chi connectivity index (χ1) is 11.3. The van der Waals surface area contributed by atoms with Crippen molar-refractivity contribution in [3.05, 3.63) is 65.3 Å². The number of nitrogens with zero attached hydrogens (tertiary/aromatic N) is 1. The molecular formula is C18H17FN2OS. The second-order valence-electron chi connectivity index (χ2n) is 5.04. The van der Waals surface area contributed by atoms with Gasteiger partial charge in [0.15, 0.2) is 5.13 Å². The molecule has 3 rings (SSSR count). The highest BCUT2D eigenvalue weighted by Crippen LogP contribution is 2.32. The molecule has 0 unspecified atom stereocenters. The molecule has 0 spiro atoms. The van der Waals surface area contributed by atoms with Gasteiger partial charge in [0.05, 0.1) is 12.8 Å². The Bertz CT molecular complexity index is 774. The predicted octanol–water partition coefficient (Wildman–Crippen LogP) is 4.61. The molecule has 1 aromatic heterocycles. The number of thiazole rings is 1. The summed E-state index contributed by atoms with van der Waals surface area (Å²) in [4.78, 5) is 4.52. The summed E-state index contributed by atoms with van der Waals surface area (Å²) in [5, 5.41) is 6.03. The van der Waals surface area contributed by atoms with Crippen LogP contribution in [0.5, 0.6) is 5.75 Å². The minimum absolute atomic E-state index is 0.299. The zero-order valence-corrected chi connectivity index (χ0v) is 13.6. The van der Waals surface area contributed by atoms with Crippen molar-refractivity contribution < 1.29 is 9.13 Å². The largest absolute Gasteiger partial charge is 0.496 e. The number of hydrogen-bond acceptors (Lipinski definition) is 4. The zero-order valence-electron chi connectivity index (χ0n) is 12.8. The van der Waals surface area contributed by atoms with Gasteiger partial charge in [0.25, 0.3) is 0 Å². The average molecular weight is 328 g/mol. The highest BCUT2D eigenvalue weighted by atomic mass is 32.1. The molecule has 0 radical (unpaired) electrons. The predicted molar refractivity (Wildman–Crippen MR) is 92.7 cm³/mol. The molecule has 0 aliphatic carbocycles. The fourth-order valence-corrected chi connectivity index (χ4v) is 3.06. The van der Waals surface area contributed by atoms with Crippen LogP contribution < -0.4 is 10.1 Å². The van der Waals surface area contributed by atoms with Crippen molar-refractivity contribution in [1.29, 1.82) is 0 Å². The van der Waals surface area contributed by atoms with Crippen molar-refractivity contribution >= 4 is 16.5 Å². The van der Waals surface area contributed by atoms with Gasteiger partial charge in [-0.15, -0.1) is 11.3 Å². The minimum atomic E-state index is -0.299. The van der Waals surface area contributed by atoms with E-state index < -0.39 is 0 Å². The molecule has 0 aliphatic rings. The van der Waals surface area contributed by atoms with Gasteiger partial charge >= 0.3 is 0 Å². The summed E-state index contributed by atoms with van der Waals surface area (Å²) in [6.07, 6.45) is 0.930. The number of benzene rings is 2. The number of hydrogen-bond donors (Lipinski definition) is 1. The van der Waals surface area contributed by atoms with Crippen LogP contribution in [0.3, 0.4) is 0 Å². The Morgan fingerprint density at radius 1 is 1.17 bits per heavy atom. The Kier molecular flexibility index (Phi) is 4.88. The third-order valence-electron chi connectivity index (χ3n) is 3.47. The van der Waals surface area contributed by atoms with Gasteiger partial charge in [0.2, 0.25) is 0 Å². The lowest BCUT2D eigenvalue weighted by atomic mass is 10.1. The molecule has 0 saturated carbocycles. The zero-order chi connectivity index (χ0) is 16.1. The molecule has 1 N–H and O–H groups in total. The van der Waals surface area contributed by atoms with E-state index in [9.17, 15) is 4.39 Å². The van der Waals surface area contributed by atoms with Crippen LogP contribution >= 0.6 is 11.3 Å². The van der Waals surface area contributed by atoms with Gasteiger partial charge in [-0.2, -0.15) is 0 Å². The van der Waals surface area contributed by atoms with Crippen LogP contribution in [0.1, 0.15) is 5.56 Å². The molecule has 3 nitrogen and oxygen atoms in total. The van der Waals surface area contributed by atoms with E-state index >= 15 is 0 Å². The van der Waals surface area contributed by atoms with Crippen LogP contribution in [0.15, 0.2) is 53.9 Å². The van der Waals surface area contributed by atoms with Crippen LogP contribution in [0.2, 0.25) is 0 Å². The second-order valence-corrected chi connectivity index (χ2v) is 5.90. The third kappa shape index (κ3) is 3.87. The Labute approximate surface area is 138 Å². The Morgan fingerprint density at radius 2 is 2.00 bits per heavy atom. The molecular weight excluding hydrogens is 311 g/mol. The molecule has 0 amide bonds. The van der Waals surface area contributed by atoms with E-state index in [1.807, 2.05) is 23.6 Å². The highest BCUT2D eigenvalue weighted by molar-refractivity contribution is 7.14. The first-order valence-corrected chi connectivity index (χ1v) is 8.21. The molecule has 0 bridgehead atoms. The minimum Gasteiger partial charge on any atom is -0.496 e. The van der Waals surface area contributed by atoms with E-state index in [1.54, 1.807) is 13.2 Å². The molecule has 1 heterocycles. The lowest BCUT2D eigenvalue weighted by Gasteiger charge is -2.06. The smallest absolute Gasteiger partial charge is 0.183 e. The average Bonchev–Trinajstić information content (AvgIpc) is 3.04. The van der Waals surface area contributed by atoms with Crippen molar-refractivity contribution in [3.8, 4) is 17.0 Å². The first-order valence-electron chi connectivity index (χ1n) is 7.33. The number of nitrogens with one attached hydrogen (secondary N) is 1. The van der Waals surface area contributed by atoms with E-state index in [2.05, 4.69) is 22.4 Å². The van der Waals surface area contributed by atoms with Crippen LogP contribution in [0.4, 0.5) is 9.52 Å². The first kappa shape index (κ1) is 15.5. The van der Waals surface area contributed by atoms with E-state index in [-0.39, 0.29) is 5.82 Å². The Hall–Kier alpha value is -2.40. The van der Waals surface area contributed by atoms with Gasteiger partial charge in [0.1, 0.15) is 11.6 Å². The number of halogens is 1. The maximum atomic E-state index is 13.5. The van der Waals surface area contributed by atoms with Gasteiger partial charge in [-0.25, -0.2) is 9.37 Å².